The molecular weight excluding hydrogens is 330 g/mol. The van der Waals surface area contributed by atoms with E-state index < -0.39 is 10.8 Å². The average Bonchev–Trinajstić information content (AvgIpc) is 3.18. The average molecular weight is 347 g/mol. The summed E-state index contributed by atoms with van der Waals surface area (Å²) in [6, 6.07) is 11.7. The molecule has 1 aromatic carbocycles. The molecule has 0 aliphatic heterocycles. The van der Waals surface area contributed by atoms with E-state index in [9.17, 15) is 4.21 Å². The number of hydrogen-bond acceptors (Lipinski definition) is 6. The number of hydrogen-bond donors (Lipinski definition) is 0. The molecule has 23 heavy (non-hydrogen) atoms. The molecule has 0 radical (unpaired) electrons. The van der Waals surface area contributed by atoms with Crippen molar-refractivity contribution in [3.05, 3.63) is 54.1 Å². The van der Waals surface area contributed by atoms with Crippen LogP contribution in [-0.4, -0.2) is 37.4 Å². The van der Waals surface area contributed by atoms with Crippen molar-refractivity contribution < 1.29 is 4.21 Å². The molecule has 0 saturated carbocycles. The Labute approximate surface area is 141 Å². The molecule has 0 bridgehead atoms. The van der Waals surface area contributed by atoms with E-state index in [2.05, 4.69) is 14.5 Å². The van der Waals surface area contributed by atoms with Gasteiger partial charge >= 0.3 is 0 Å². The lowest BCUT2D eigenvalue weighted by molar-refractivity contribution is 0.680. The molecule has 0 N–H and O–H groups in total. The van der Waals surface area contributed by atoms with E-state index in [4.69, 9.17) is 0 Å². The van der Waals surface area contributed by atoms with Gasteiger partial charge in [-0.3, -0.25) is 4.21 Å². The number of benzene rings is 1. The lowest BCUT2D eigenvalue weighted by Gasteiger charge is -2.04. The summed E-state index contributed by atoms with van der Waals surface area (Å²) in [7, 11) is 2.75. The van der Waals surface area contributed by atoms with Crippen LogP contribution in [0.3, 0.4) is 0 Å². The maximum Gasteiger partial charge on any atom is 0.204 e. The van der Waals surface area contributed by atoms with Crippen molar-refractivity contribution >= 4 is 27.5 Å². The molecule has 1 atom stereocenters. The zero-order valence-electron chi connectivity index (χ0n) is 12.9. The summed E-state index contributed by atoms with van der Waals surface area (Å²) in [6.45, 7) is 0. The first-order valence-corrected chi connectivity index (χ1v) is 9.33. The third-order valence-corrected chi connectivity index (χ3v) is 5.22. The minimum Gasteiger partial charge on any atom is -0.353 e. The summed E-state index contributed by atoms with van der Waals surface area (Å²) in [5.41, 5.74) is 1.79. The third-order valence-electron chi connectivity index (χ3n) is 3.10. The first-order chi connectivity index (χ1) is 11.1. The molecule has 0 unspecified atom stereocenters. The van der Waals surface area contributed by atoms with Crippen molar-refractivity contribution in [1.82, 2.24) is 19.1 Å². The van der Waals surface area contributed by atoms with E-state index in [1.54, 1.807) is 4.68 Å². The molecule has 2 aromatic heterocycles. The number of aromatic nitrogens is 4. The van der Waals surface area contributed by atoms with Crippen molar-refractivity contribution in [3.63, 3.8) is 0 Å². The van der Waals surface area contributed by atoms with Gasteiger partial charge in [0, 0.05) is 42.6 Å². The highest BCUT2D eigenvalue weighted by Crippen LogP contribution is 2.16. The van der Waals surface area contributed by atoms with Gasteiger partial charge in [-0.25, -0.2) is 9.67 Å². The summed E-state index contributed by atoms with van der Waals surface area (Å²) in [5.74, 6) is 1.37. The van der Waals surface area contributed by atoms with Crippen LogP contribution in [0.5, 0.6) is 0 Å². The molecule has 0 aliphatic rings. The molecule has 0 spiro atoms. The SMILES string of the molecule is CN(C)c1nc(C[S@](=O)Cc2ccn(-c3ccccc3)n2)ns1. The molecular formula is C15H17N5OS2. The van der Waals surface area contributed by atoms with Crippen LogP contribution in [0.25, 0.3) is 5.69 Å². The van der Waals surface area contributed by atoms with Crippen molar-refractivity contribution in [2.75, 3.05) is 19.0 Å². The monoisotopic (exact) mass is 347 g/mol. The summed E-state index contributed by atoms with van der Waals surface area (Å²) in [6.07, 6.45) is 1.88. The fourth-order valence-corrected chi connectivity index (χ4v) is 3.69. The van der Waals surface area contributed by atoms with Crippen LogP contribution in [0.2, 0.25) is 0 Å². The van der Waals surface area contributed by atoms with Gasteiger partial charge in [0.25, 0.3) is 0 Å². The quantitative estimate of drug-likeness (QED) is 0.684. The topological polar surface area (TPSA) is 63.9 Å². The van der Waals surface area contributed by atoms with E-state index >= 15 is 0 Å². The van der Waals surface area contributed by atoms with Crippen LogP contribution < -0.4 is 4.90 Å². The fourth-order valence-electron chi connectivity index (χ4n) is 2.01. The highest BCUT2D eigenvalue weighted by molar-refractivity contribution is 7.83. The Morgan fingerprint density at radius 3 is 2.65 bits per heavy atom. The molecule has 2 heterocycles. The Morgan fingerprint density at radius 1 is 1.17 bits per heavy atom. The van der Waals surface area contributed by atoms with E-state index in [-0.39, 0.29) is 0 Å². The first-order valence-electron chi connectivity index (χ1n) is 7.06. The minimum atomic E-state index is -1.08. The molecule has 0 aliphatic carbocycles. The van der Waals surface area contributed by atoms with Gasteiger partial charge in [-0.05, 0) is 18.2 Å². The zero-order chi connectivity index (χ0) is 16.2. The summed E-state index contributed by atoms with van der Waals surface area (Å²) in [4.78, 5) is 6.25. The maximum absolute atomic E-state index is 12.3. The predicted octanol–water partition coefficient (Wildman–Crippen LogP) is 2.24. The highest BCUT2D eigenvalue weighted by atomic mass is 32.2. The van der Waals surface area contributed by atoms with Gasteiger partial charge in [0.05, 0.1) is 22.9 Å². The van der Waals surface area contributed by atoms with Crippen molar-refractivity contribution in [3.8, 4) is 5.69 Å². The first kappa shape index (κ1) is 15.8. The highest BCUT2D eigenvalue weighted by Gasteiger charge is 2.11. The minimum absolute atomic E-state index is 0.350. The van der Waals surface area contributed by atoms with Crippen LogP contribution in [0.15, 0.2) is 42.6 Å². The fraction of sp³-hybridized carbons (Fsp3) is 0.267. The van der Waals surface area contributed by atoms with Crippen LogP contribution >= 0.6 is 11.5 Å². The van der Waals surface area contributed by atoms with E-state index in [1.807, 2.05) is 61.6 Å². The molecule has 0 saturated heterocycles. The lowest BCUT2D eigenvalue weighted by atomic mass is 10.3. The lowest BCUT2D eigenvalue weighted by Crippen LogP contribution is -2.08. The Bertz CT molecular complexity index is 797. The molecule has 3 rings (SSSR count). The molecule has 120 valence electrons. The van der Waals surface area contributed by atoms with Gasteiger partial charge in [-0.2, -0.15) is 9.47 Å². The van der Waals surface area contributed by atoms with Crippen molar-refractivity contribution in [2.45, 2.75) is 11.5 Å². The Kier molecular flexibility index (Phi) is 4.82. The van der Waals surface area contributed by atoms with Gasteiger partial charge < -0.3 is 4.90 Å². The molecule has 6 nitrogen and oxygen atoms in total. The molecule has 0 amide bonds. The van der Waals surface area contributed by atoms with Crippen LogP contribution in [0.4, 0.5) is 5.13 Å². The zero-order valence-corrected chi connectivity index (χ0v) is 14.5. The largest absolute Gasteiger partial charge is 0.353 e. The van der Waals surface area contributed by atoms with Crippen LogP contribution in [0, 0.1) is 0 Å². The standard InChI is InChI=1S/C15H17N5OS2/c1-19(2)15-16-14(18-22-15)11-23(21)10-12-8-9-20(17-12)13-6-4-3-5-7-13/h3-9H,10-11H2,1-2H3/t23-/m1/s1. The van der Waals surface area contributed by atoms with Crippen molar-refractivity contribution in [2.24, 2.45) is 0 Å². The third kappa shape index (κ3) is 4.02. The Balaban J connectivity index is 1.63. The van der Waals surface area contributed by atoms with Gasteiger partial charge in [0.2, 0.25) is 5.13 Å². The van der Waals surface area contributed by atoms with Gasteiger partial charge in [0.1, 0.15) is 0 Å². The molecule has 0 fully saturated rings. The number of para-hydroxylation sites is 1. The number of rotatable bonds is 6. The second-order valence-corrected chi connectivity index (χ2v) is 7.39. The van der Waals surface area contributed by atoms with Gasteiger partial charge in [-0.15, -0.1) is 0 Å². The van der Waals surface area contributed by atoms with E-state index in [1.165, 1.54) is 11.5 Å². The molecule has 8 heteroatoms. The second-order valence-electron chi connectivity index (χ2n) is 5.20. The second kappa shape index (κ2) is 7.01. The Morgan fingerprint density at radius 2 is 1.96 bits per heavy atom. The normalized spacial score (nSPS) is 12.3. The number of anilines is 1. The summed E-state index contributed by atoms with van der Waals surface area (Å²) < 4.78 is 18.3. The van der Waals surface area contributed by atoms with E-state index in [0.717, 1.165) is 16.5 Å². The number of nitrogens with zero attached hydrogens (tertiary/aromatic N) is 5. The van der Waals surface area contributed by atoms with Crippen LogP contribution in [0.1, 0.15) is 11.5 Å². The van der Waals surface area contributed by atoms with Gasteiger partial charge in [0.15, 0.2) is 5.82 Å². The molecule has 3 aromatic rings. The Hall–Kier alpha value is -2.06. The van der Waals surface area contributed by atoms with Gasteiger partial charge in [-0.1, -0.05) is 18.2 Å². The summed E-state index contributed by atoms with van der Waals surface area (Å²) in [5, 5.41) is 5.30. The maximum atomic E-state index is 12.3. The smallest absolute Gasteiger partial charge is 0.204 e. The van der Waals surface area contributed by atoms with Crippen LogP contribution in [-0.2, 0) is 22.3 Å². The summed E-state index contributed by atoms with van der Waals surface area (Å²) >= 11 is 1.32. The van der Waals surface area contributed by atoms with Crippen molar-refractivity contribution in [1.29, 1.82) is 0 Å². The predicted molar refractivity (Wildman–Crippen MR) is 93.4 cm³/mol. The van der Waals surface area contributed by atoms with E-state index in [0.29, 0.717) is 17.3 Å².